The largest absolute Gasteiger partial charge is 0.508 e. The summed E-state index contributed by atoms with van der Waals surface area (Å²) in [6.45, 7) is 4.54. The number of aliphatic hydroxyl groups excluding tert-OH is 3. The average molecular weight is 791 g/mol. The number of carbonyl (C=O) groups excluding carboxylic acids is 1. The SMILES string of the molecule is CCCCCC(C(=O)CCc1cc2c(cc1O)OC#CC1(CCCC1)C1C#CC(O)c3ccc(C(N)N)cc3CC3=CN=C4CN(C=C34)C1O2)C(O)CC(O)CCC. The zero-order chi connectivity index (χ0) is 41.0. The first-order valence-electron chi connectivity index (χ1n) is 21.2. The number of nitrogens with zero attached hydrogens (tertiary/aromatic N) is 2. The van der Waals surface area contributed by atoms with Gasteiger partial charge in [-0.3, -0.25) is 9.79 Å². The van der Waals surface area contributed by atoms with E-state index in [0.29, 0.717) is 42.7 Å². The highest BCUT2D eigenvalue weighted by atomic mass is 16.5. The highest BCUT2D eigenvalue weighted by Crippen LogP contribution is 2.49. The average Bonchev–Trinajstić information content (AvgIpc) is 3.94. The molecule has 1 aliphatic carbocycles. The van der Waals surface area contributed by atoms with Crippen LogP contribution in [0.1, 0.15) is 125 Å². The minimum Gasteiger partial charge on any atom is -0.508 e. The molecule has 1 saturated carbocycles. The zero-order valence-electron chi connectivity index (χ0n) is 33.8. The van der Waals surface area contributed by atoms with Crippen molar-refractivity contribution in [3.05, 3.63) is 76.1 Å². The predicted molar refractivity (Wildman–Crippen MR) is 222 cm³/mol. The summed E-state index contributed by atoms with van der Waals surface area (Å²) in [6, 6.07) is 8.84. The molecule has 8 N–H and O–H groups in total. The molecular formula is C47H58N4O7. The number of phenolic OH excluding ortho intramolecular Hbond substituents is 1. The first-order valence-corrected chi connectivity index (χ1v) is 21.2. The first-order chi connectivity index (χ1) is 28.0. The smallest absolute Gasteiger partial charge is 0.187 e. The number of phenols is 1. The lowest BCUT2D eigenvalue weighted by molar-refractivity contribution is -0.127. The molecule has 1 fully saturated rings. The molecule has 4 aliphatic heterocycles. The fourth-order valence-electron chi connectivity index (χ4n) is 9.28. The Hall–Kier alpha value is -4.62. The monoisotopic (exact) mass is 790 g/mol. The van der Waals surface area contributed by atoms with Crippen LogP contribution < -0.4 is 20.9 Å². The first kappa shape index (κ1) is 41.5. The molecule has 11 nitrogen and oxygen atoms in total. The van der Waals surface area contributed by atoms with E-state index in [-0.39, 0.29) is 36.5 Å². The number of ether oxygens (including phenoxy) is 2. The number of aliphatic hydroxyl groups is 3. The lowest BCUT2D eigenvalue weighted by Gasteiger charge is -2.39. The molecule has 6 unspecified atom stereocenters. The van der Waals surface area contributed by atoms with Crippen molar-refractivity contribution in [3.63, 3.8) is 0 Å². The molecular weight excluding hydrogens is 733 g/mol. The highest BCUT2D eigenvalue weighted by molar-refractivity contribution is 6.09. The fraction of sp³-hybridized carbons (Fsp3) is 0.532. The Morgan fingerprint density at radius 3 is 2.62 bits per heavy atom. The zero-order valence-corrected chi connectivity index (χ0v) is 33.8. The van der Waals surface area contributed by atoms with Gasteiger partial charge in [0.2, 0.25) is 0 Å². The molecule has 1 spiro atoms. The third kappa shape index (κ3) is 8.85. The maximum absolute atomic E-state index is 13.8. The van der Waals surface area contributed by atoms with Crippen LogP contribution in [0.25, 0.3) is 0 Å². The van der Waals surface area contributed by atoms with Crippen molar-refractivity contribution in [2.45, 2.75) is 134 Å². The number of aryl methyl sites for hydroxylation is 1. The Labute approximate surface area is 342 Å². The molecule has 0 amide bonds. The Bertz CT molecular complexity index is 2080. The third-order valence-electron chi connectivity index (χ3n) is 12.6. The molecule has 0 saturated heterocycles. The van der Waals surface area contributed by atoms with Crippen LogP contribution >= 0.6 is 0 Å². The predicted octanol–water partition coefficient (Wildman–Crippen LogP) is 5.98. The molecule has 4 heterocycles. The minimum absolute atomic E-state index is 0.0502. The lowest BCUT2D eigenvalue weighted by Crippen LogP contribution is -2.47. The van der Waals surface area contributed by atoms with Crippen LogP contribution in [0.2, 0.25) is 0 Å². The van der Waals surface area contributed by atoms with E-state index in [1.54, 1.807) is 6.07 Å². The van der Waals surface area contributed by atoms with E-state index in [0.717, 1.165) is 79.4 Å². The van der Waals surface area contributed by atoms with Crippen molar-refractivity contribution in [2.24, 2.45) is 33.7 Å². The number of benzene rings is 2. The van der Waals surface area contributed by atoms with Crippen molar-refractivity contribution in [1.82, 2.24) is 4.90 Å². The van der Waals surface area contributed by atoms with Gasteiger partial charge in [-0.1, -0.05) is 88.3 Å². The van der Waals surface area contributed by atoms with Gasteiger partial charge in [0, 0.05) is 42.8 Å². The summed E-state index contributed by atoms with van der Waals surface area (Å²) in [6.07, 6.45) is 11.9. The molecule has 6 atom stereocenters. The van der Waals surface area contributed by atoms with Gasteiger partial charge in [-0.25, -0.2) is 0 Å². The van der Waals surface area contributed by atoms with Gasteiger partial charge in [-0.05, 0) is 72.4 Å². The molecule has 308 valence electrons. The topological polar surface area (TPSA) is 184 Å². The second-order valence-corrected chi connectivity index (χ2v) is 16.7. The Balaban J connectivity index is 1.23. The number of rotatable bonds is 14. The second kappa shape index (κ2) is 18.1. The Morgan fingerprint density at radius 1 is 1.05 bits per heavy atom. The number of hydrogen-bond donors (Lipinski definition) is 6. The van der Waals surface area contributed by atoms with E-state index in [4.69, 9.17) is 25.9 Å². The quantitative estimate of drug-likeness (QED) is 0.0756. The summed E-state index contributed by atoms with van der Waals surface area (Å²) in [5.74, 6) is 9.50. The molecule has 2 bridgehead atoms. The molecule has 0 aromatic heterocycles. The molecule has 5 aliphatic rings. The van der Waals surface area contributed by atoms with E-state index >= 15 is 0 Å². The van der Waals surface area contributed by atoms with Crippen molar-refractivity contribution >= 4 is 11.5 Å². The highest BCUT2D eigenvalue weighted by Gasteiger charge is 2.48. The maximum atomic E-state index is 13.8. The number of ketones is 1. The van der Waals surface area contributed by atoms with Crippen LogP contribution in [-0.4, -0.2) is 61.8 Å². The van der Waals surface area contributed by atoms with Crippen molar-refractivity contribution in [2.75, 3.05) is 6.54 Å². The molecule has 58 heavy (non-hydrogen) atoms. The number of aliphatic imine (C=N–C) groups is 1. The van der Waals surface area contributed by atoms with Gasteiger partial charge in [-0.15, -0.1) is 0 Å². The van der Waals surface area contributed by atoms with Crippen LogP contribution in [0.5, 0.6) is 17.2 Å². The van der Waals surface area contributed by atoms with E-state index in [1.807, 2.05) is 31.3 Å². The van der Waals surface area contributed by atoms with Gasteiger partial charge in [0.15, 0.2) is 17.7 Å². The molecule has 0 radical (unpaired) electrons. The number of nitrogens with two attached hydrogens (primary N) is 2. The summed E-state index contributed by atoms with van der Waals surface area (Å²) >= 11 is 0. The van der Waals surface area contributed by atoms with Crippen LogP contribution in [0.4, 0.5) is 0 Å². The molecule has 2 aromatic rings. The Kier molecular flexibility index (Phi) is 13.0. The van der Waals surface area contributed by atoms with Gasteiger partial charge >= 0.3 is 0 Å². The van der Waals surface area contributed by atoms with E-state index in [9.17, 15) is 25.2 Å². The van der Waals surface area contributed by atoms with Gasteiger partial charge in [-0.2, -0.15) is 0 Å². The third-order valence-corrected chi connectivity index (χ3v) is 12.6. The normalized spacial score (nSPS) is 22.9. The molecule has 7 rings (SSSR count). The van der Waals surface area contributed by atoms with Crippen LogP contribution in [0.15, 0.2) is 58.9 Å². The summed E-state index contributed by atoms with van der Waals surface area (Å²) in [4.78, 5) is 20.7. The number of Topliss-reactive ketones (excluding diaryl/α,β-unsaturated/α-hetero) is 1. The van der Waals surface area contributed by atoms with Gasteiger partial charge in [0.25, 0.3) is 0 Å². The van der Waals surface area contributed by atoms with Crippen LogP contribution in [0.3, 0.4) is 0 Å². The lowest BCUT2D eigenvalue weighted by atomic mass is 9.73. The standard InChI is InChI=1S/C47H58N4O7/c1-3-5-6-10-35(42(56)24-33(52)9-4-2)40(54)15-12-29-23-44-43(25-41(29)55)57-20-19-47(17-7-8-18-47)37-14-16-39(53)34-13-11-30(45(48)49)21-31(34)22-32-26-50-38-28-51(27-36(32)38)46(37)58-44/h11,13,21,23,25-27,33,35,37,39,42,45-46,52-53,55-56H,3-10,12,15,17-18,22,24,28,48-49H2,1-2H3. The van der Waals surface area contributed by atoms with E-state index in [2.05, 4.69) is 41.9 Å². The van der Waals surface area contributed by atoms with Crippen molar-refractivity contribution < 1.29 is 34.7 Å². The summed E-state index contributed by atoms with van der Waals surface area (Å²) in [5.41, 5.74) is 17.2. The second-order valence-electron chi connectivity index (χ2n) is 16.7. The fourth-order valence-corrected chi connectivity index (χ4v) is 9.28. The summed E-state index contributed by atoms with van der Waals surface area (Å²) < 4.78 is 13.1. The van der Waals surface area contributed by atoms with Crippen LogP contribution in [-0.2, 0) is 17.6 Å². The van der Waals surface area contributed by atoms with E-state index in [1.165, 1.54) is 6.07 Å². The minimum atomic E-state index is -1.11. The maximum Gasteiger partial charge on any atom is 0.187 e. The number of unbranched alkanes of at least 4 members (excludes halogenated alkanes) is 2. The van der Waals surface area contributed by atoms with Crippen molar-refractivity contribution in [1.29, 1.82) is 0 Å². The summed E-state index contributed by atoms with van der Waals surface area (Å²) in [7, 11) is 0. The van der Waals surface area contributed by atoms with Gasteiger partial charge < -0.3 is 46.3 Å². The number of allylic oxidation sites excluding steroid dienone is 1. The number of fused-ring (bicyclic) bond motifs is 6. The van der Waals surface area contributed by atoms with Crippen molar-refractivity contribution in [3.8, 4) is 41.1 Å². The number of carbonyl (C=O) groups is 1. The van der Waals surface area contributed by atoms with E-state index < -0.39 is 48.0 Å². The number of hydrogen-bond acceptors (Lipinski definition) is 11. The summed E-state index contributed by atoms with van der Waals surface area (Å²) in [5, 5.41) is 44.6. The van der Waals surface area contributed by atoms with Crippen LogP contribution in [0, 0.1) is 41.1 Å². The van der Waals surface area contributed by atoms with Gasteiger partial charge in [0.1, 0.15) is 23.7 Å². The molecule has 11 heteroatoms. The molecule has 2 aromatic carbocycles. The Morgan fingerprint density at radius 2 is 1.86 bits per heavy atom. The number of aromatic hydroxyl groups is 1. The van der Waals surface area contributed by atoms with Gasteiger partial charge in [0.05, 0.1) is 42.0 Å².